The topological polar surface area (TPSA) is 51.5 Å². The number of rotatable bonds is 4. The van der Waals surface area contributed by atoms with Crippen LogP contribution < -0.4 is 14.2 Å². The number of nitrogens with zero attached hydrogens (tertiary/aromatic N) is 1. The Kier molecular flexibility index (Phi) is 4.20. The van der Waals surface area contributed by atoms with Crippen molar-refractivity contribution in [3.8, 4) is 23.3 Å². The van der Waals surface area contributed by atoms with Crippen molar-refractivity contribution >= 4 is 11.6 Å². The van der Waals surface area contributed by atoms with Gasteiger partial charge in [0, 0.05) is 6.42 Å². The predicted molar refractivity (Wildman–Crippen MR) is 88.7 cm³/mol. The summed E-state index contributed by atoms with van der Waals surface area (Å²) in [4.78, 5) is 0. The van der Waals surface area contributed by atoms with Crippen molar-refractivity contribution in [1.82, 2.24) is 0 Å². The lowest BCUT2D eigenvalue weighted by Gasteiger charge is -2.09. The molecule has 0 spiro atoms. The van der Waals surface area contributed by atoms with Gasteiger partial charge in [0.05, 0.1) is 32.5 Å². The van der Waals surface area contributed by atoms with Gasteiger partial charge in [-0.3, -0.25) is 0 Å². The van der Waals surface area contributed by atoms with Gasteiger partial charge < -0.3 is 14.2 Å². The minimum absolute atomic E-state index is 0.574. The summed E-state index contributed by atoms with van der Waals surface area (Å²) in [5.74, 6) is 2.18. The van der Waals surface area contributed by atoms with E-state index in [1.807, 2.05) is 30.3 Å². The van der Waals surface area contributed by atoms with Crippen LogP contribution in [0.3, 0.4) is 0 Å². The highest BCUT2D eigenvalue weighted by molar-refractivity contribution is 5.90. The fourth-order valence-corrected chi connectivity index (χ4v) is 2.65. The van der Waals surface area contributed by atoms with Gasteiger partial charge in [-0.2, -0.15) is 5.26 Å². The third-order valence-electron chi connectivity index (χ3n) is 3.84. The summed E-state index contributed by atoms with van der Waals surface area (Å²) < 4.78 is 16.0. The summed E-state index contributed by atoms with van der Waals surface area (Å²) in [7, 11) is 3.17. The molecule has 4 heteroatoms. The molecule has 0 unspecified atom stereocenters. The maximum atomic E-state index is 9.51. The van der Waals surface area contributed by atoms with Crippen LogP contribution in [0.4, 0.5) is 0 Å². The summed E-state index contributed by atoms with van der Waals surface area (Å²) >= 11 is 0. The molecule has 0 aliphatic carbocycles. The standard InChI is InChI=1S/C19H17NO3/c1-21-18-6-4-14(11-19(18)22-2)16(12-20)10-13-3-5-17-15(9-13)7-8-23-17/h3-6,9-11H,7-8H2,1-2H3/b16-10+. The van der Waals surface area contributed by atoms with Crippen LogP contribution in [-0.2, 0) is 6.42 Å². The van der Waals surface area contributed by atoms with Crippen molar-refractivity contribution in [3.63, 3.8) is 0 Å². The average Bonchev–Trinajstić information content (AvgIpc) is 3.06. The predicted octanol–water partition coefficient (Wildman–Crippen LogP) is 3.70. The second kappa shape index (κ2) is 6.45. The lowest BCUT2D eigenvalue weighted by molar-refractivity contribution is 0.355. The average molecular weight is 307 g/mol. The van der Waals surface area contributed by atoms with E-state index in [-0.39, 0.29) is 0 Å². The minimum atomic E-state index is 0.574. The molecule has 0 N–H and O–H groups in total. The van der Waals surface area contributed by atoms with Crippen molar-refractivity contribution in [2.24, 2.45) is 0 Å². The lowest BCUT2D eigenvalue weighted by atomic mass is 10.0. The molecule has 1 aliphatic rings. The first-order valence-electron chi connectivity index (χ1n) is 7.35. The quantitative estimate of drug-likeness (QED) is 0.638. The van der Waals surface area contributed by atoms with Gasteiger partial charge in [0.1, 0.15) is 5.75 Å². The van der Waals surface area contributed by atoms with Crippen LogP contribution in [0.25, 0.3) is 11.6 Å². The molecular weight excluding hydrogens is 290 g/mol. The van der Waals surface area contributed by atoms with Crippen LogP contribution in [0.15, 0.2) is 36.4 Å². The molecule has 0 amide bonds. The Hall–Kier alpha value is -2.93. The molecule has 0 fully saturated rings. The molecule has 1 aliphatic heterocycles. The zero-order valence-corrected chi connectivity index (χ0v) is 13.1. The van der Waals surface area contributed by atoms with E-state index in [4.69, 9.17) is 14.2 Å². The molecule has 0 bridgehead atoms. The van der Waals surface area contributed by atoms with Gasteiger partial charge in [0.25, 0.3) is 0 Å². The molecule has 0 saturated heterocycles. The highest BCUT2D eigenvalue weighted by Gasteiger charge is 2.12. The van der Waals surface area contributed by atoms with Crippen molar-refractivity contribution in [3.05, 3.63) is 53.1 Å². The van der Waals surface area contributed by atoms with E-state index in [0.717, 1.165) is 29.9 Å². The molecular formula is C19H17NO3. The van der Waals surface area contributed by atoms with Gasteiger partial charge in [-0.05, 0) is 53.1 Å². The summed E-state index contributed by atoms with van der Waals surface area (Å²) in [5, 5.41) is 9.51. The highest BCUT2D eigenvalue weighted by Crippen LogP contribution is 2.32. The van der Waals surface area contributed by atoms with Crippen molar-refractivity contribution in [1.29, 1.82) is 5.26 Å². The van der Waals surface area contributed by atoms with E-state index in [2.05, 4.69) is 12.1 Å². The number of hydrogen-bond acceptors (Lipinski definition) is 4. The lowest BCUT2D eigenvalue weighted by Crippen LogP contribution is -1.92. The Morgan fingerprint density at radius 1 is 1.13 bits per heavy atom. The Morgan fingerprint density at radius 3 is 2.70 bits per heavy atom. The van der Waals surface area contributed by atoms with E-state index < -0.39 is 0 Å². The molecule has 0 aromatic heterocycles. The minimum Gasteiger partial charge on any atom is -0.493 e. The first-order chi connectivity index (χ1) is 11.2. The van der Waals surface area contributed by atoms with Gasteiger partial charge in [-0.25, -0.2) is 0 Å². The molecule has 4 nitrogen and oxygen atoms in total. The molecule has 0 saturated carbocycles. The molecule has 23 heavy (non-hydrogen) atoms. The van der Waals surface area contributed by atoms with Crippen LogP contribution in [0.2, 0.25) is 0 Å². The smallest absolute Gasteiger partial charge is 0.161 e. The van der Waals surface area contributed by atoms with Crippen molar-refractivity contribution in [2.45, 2.75) is 6.42 Å². The van der Waals surface area contributed by atoms with Crippen LogP contribution in [0, 0.1) is 11.3 Å². The molecule has 0 atom stereocenters. The zero-order chi connectivity index (χ0) is 16.2. The van der Waals surface area contributed by atoms with Crippen molar-refractivity contribution < 1.29 is 14.2 Å². The van der Waals surface area contributed by atoms with Crippen LogP contribution in [-0.4, -0.2) is 20.8 Å². The number of methoxy groups -OCH3 is 2. The zero-order valence-electron chi connectivity index (χ0n) is 13.1. The van der Waals surface area contributed by atoms with Gasteiger partial charge in [-0.1, -0.05) is 6.07 Å². The summed E-state index contributed by atoms with van der Waals surface area (Å²) in [6.45, 7) is 0.725. The number of allylic oxidation sites excluding steroid dienone is 1. The van der Waals surface area contributed by atoms with E-state index in [0.29, 0.717) is 17.1 Å². The van der Waals surface area contributed by atoms with Gasteiger partial charge >= 0.3 is 0 Å². The first-order valence-corrected chi connectivity index (χ1v) is 7.35. The maximum Gasteiger partial charge on any atom is 0.161 e. The second-order valence-electron chi connectivity index (χ2n) is 5.21. The van der Waals surface area contributed by atoms with Crippen LogP contribution in [0.1, 0.15) is 16.7 Å². The monoisotopic (exact) mass is 307 g/mol. The van der Waals surface area contributed by atoms with E-state index in [1.165, 1.54) is 5.56 Å². The van der Waals surface area contributed by atoms with Gasteiger partial charge in [0.2, 0.25) is 0 Å². The number of nitriles is 1. The Balaban J connectivity index is 1.98. The highest BCUT2D eigenvalue weighted by atomic mass is 16.5. The first kappa shape index (κ1) is 15.0. The van der Waals surface area contributed by atoms with E-state index in [1.54, 1.807) is 20.3 Å². The number of hydrogen-bond donors (Lipinski definition) is 0. The fraction of sp³-hybridized carbons (Fsp3) is 0.211. The molecule has 3 rings (SSSR count). The molecule has 0 radical (unpaired) electrons. The second-order valence-corrected chi connectivity index (χ2v) is 5.21. The third kappa shape index (κ3) is 3.00. The molecule has 2 aromatic rings. The number of benzene rings is 2. The van der Waals surface area contributed by atoms with Crippen molar-refractivity contribution in [2.75, 3.05) is 20.8 Å². The Morgan fingerprint density at radius 2 is 1.96 bits per heavy atom. The normalized spacial score (nSPS) is 13.0. The third-order valence-corrected chi connectivity index (χ3v) is 3.84. The SMILES string of the molecule is COc1ccc(/C(C#N)=C/c2ccc3c(c2)CCO3)cc1OC. The van der Waals surface area contributed by atoms with E-state index >= 15 is 0 Å². The van der Waals surface area contributed by atoms with Crippen LogP contribution in [0.5, 0.6) is 17.2 Å². The number of ether oxygens (including phenoxy) is 3. The van der Waals surface area contributed by atoms with Gasteiger partial charge in [0.15, 0.2) is 11.5 Å². The summed E-state index contributed by atoms with van der Waals surface area (Å²) in [6.07, 6.45) is 2.79. The Bertz CT molecular complexity index is 803. The summed E-state index contributed by atoms with van der Waals surface area (Å²) in [6, 6.07) is 13.7. The molecule has 116 valence electrons. The summed E-state index contributed by atoms with van der Waals surface area (Å²) in [5.41, 5.74) is 3.54. The van der Waals surface area contributed by atoms with Crippen LogP contribution >= 0.6 is 0 Å². The fourth-order valence-electron chi connectivity index (χ4n) is 2.65. The number of fused-ring (bicyclic) bond motifs is 1. The Labute approximate surface area is 135 Å². The molecule has 1 heterocycles. The maximum absolute atomic E-state index is 9.51. The largest absolute Gasteiger partial charge is 0.493 e. The van der Waals surface area contributed by atoms with E-state index in [9.17, 15) is 5.26 Å². The molecule has 2 aromatic carbocycles. The van der Waals surface area contributed by atoms with Gasteiger partial charge in [-0.15, -0.1) is 0 Å².